The van der Waals surface area contributed by atoms with Gasteiger partial charge in [-0.2, -0.15) is 0 Å². The Kier molecular flexibility index (Phi) is 6.45. The Morgan fingerprint density at radius 2 is 1.75 bits per heavy atom. The van der Waals surface area contributed by atoms with Crippen molar-refractivity contribution < 1.29 is 19.5 Å². The number of carbonyl (C=O) groups is 3. The molecule has 0 bridgehead atoms. The topological polar surface area (TPSA) is 98.7 Å². The fraction of sp³-hybridized carbons (Fsp3) is 0.824. The largest absolute Gasteiger partial charge is 0.480 e. The standard InChI is InChI=1S/C17H29N3O4/c1-11(2)14(16(22)23)19-15(21)12-6-5-9-20(10-12)17(24)18-13-7-3-4-8-13/h11-14H,3-10H2,1-2H3,(H,18,24)(H,19,21)(H,22,23)/t12?,14-/m1/s1. The van der Waals surface area contributed by atoms with E-state index >= 15 is 0 Å². The zero-order valence-electron chi connectivity index (χ0n) is 14.6. The first kappa shape index (κ1) is 18.5. The van der Waals surface area contributed by atoms with Gasteiger partial charge in [-0.15, -0.1) is 0 Å². The first-order valence-corrected chi connectivity index (χ1v) is 8.97. The molecule has 1 saturated carbocycles. The van der Waals surface area contributed by atoms with Crippen molar-refractivity contribution in [3.63, 3.8) is 0 Å². The van der Waals surface area contributed by atoms with Gasteiger partial charge in [0.1, 0.15) is 6.04 Å². The van der Waals surface area contributed by atoms with Gasteiger partial charge in [0, 0.05) is 19.1 Å². The summed E-state index contributed by atoms with van der Waals surface area (Å²) in [6, 6.07) is -0.734. The number of carbonyl (C=O) groups excluding carboxylic acids is 2. The number of rotatable bonds is 5. The van der Waals surface area contributed by atoms with Gasteiger partial charge in [-0.1, -0.05) is 26.7 Å². The molecule has 2 rings (SSSR count). The minimum absolute atomic E-state index is 0.0990. The average Bonchev–Trinajstić information content (AvgIpc) is 3.04. The van der Waals surface area contributed by atoms with Gasteiger partial charge in [0.25, 0.3) is 0 Å². The summed E-state index contributed by atoms with van der Waals surface area (Å²) in [6.45, 7) is 4.53. The van der Waals surface area contributed by atoms with Crippen LogP contribution in [0.5, 0.6) is 0 Å². The number of likely N-dealkylation sites (tertiary alicyclic amines) is 1. The lowest BCUT2D eigenvalue weighted by Crippen LogP contribution is -2.53. The van der Waals surface area contributed by atoms with Gasteiger partial charge < -0.3 is 20.6 Å². The zero-order valence-corrected chi connectivity index (χ0v) is 14.6. The Bertz CT molecular complexity index is 474. The minimum Gasteiger partial charge on any atom is -0.480 e. The number of piperidine rings is 1. The number of nitrogens with one attached hydrogen (secondary N) is 2. The normalized spacial score (nSPS) is 23.1. The molecule has 1 heterocycles. The van der Waals surface area contributed by atoms with Crippen molar-refractivity contribution in [2.45, 2.75) is 64.5 Å². The Morgan fingerprint density at radius 1 is 1.08 bits per heavy atom. The van der Waals surface area contributed by atoms with Gasteiger partial charge in [-0.25, -0.2) is 9.59 Å². The summed E-state index contributed by atoms with van der Waals surface area (Å²) >= 11 is 0. The first-order valence-electron chi connectivity index (χ1n) is 8.97. The van der Waals surface area contributed by atoms with E-state index in [0.29, 0.717) is 19.5 Å². The fourth-order valence-corrected chi connectivity index (χ4v) is 3.50. The summed E-state index contributed by atoms with van der Waals surface area (Å²) < 4.78 is 0. The highest BCUT2D eigenvalue weighted by molar-refractivity contribution is 5.86. The monoisotopic (exact) mass is 339 g/mol. The minimum atomic E-state index is -1.02. The van der Waals surface area contributed by atoms with Crippen LogP contribution in [0.4, 0.5) is 4.79 Å². The van der Waals surface area contributed by atoms with E-state index in [1.165, 1.54) is 0 Å². The van der Waals surface area contributed by atoms with Crippen LogP contribution in [0.2, 0.25) is 0 Å². The van der Waals surface area contributed by atoms with Gasteiger partial charge in [0.05, 0.1) is 5.92 Å². The van der Waals surface area contributed by atoms with Crippen LogP contribution in [-0.4, -0.2) is 53.1 Å². The molecule has 7 heteroatoms. The zero-order chi connectivity index (χ0) is 17.7. The third kappa shape index (κ3) is 4.85. The molecule has 24 heavy (non-hydrogen) atoms. The molecule has 0 spiro atoms. The summed E-state index contributed by atoms with van der Waals surface area (Å²) in [4.78, 5) is 37.7. The van der Waals surface area contributed by atoms with Crippen molar-refractivity contribution in [2.24, 2.45) is 11.8 Å². The predicted octanol–water partition coefficient (Wildman–Crippen LogP) is 1.58. The van der Waals surface area contributed by atoms with Gasteiger partial charge in [-0.05, 0) is 31.6 Å². The van der Waals surface area contributed by atoms with E-state index in [2.05, 4.69) is 10.6 Å². The maximum absolute atomic E-state index is 12.4. The molecule has 7 nitrogen and oxygen atoms in total. The molecule has 0 aromatic carbocycles. The summed E-state index contributed by atoms with van der Waals surface area (Å²) in [6.07, 6.45) is 5.80. The quantitative estimate of drug-likeness (QED) is 0.708. The maximum atomic E-state index is 12.4. The van der Waals surface area contributed by atoms with Gasteiger partial charge in [0.2, 0.25) is 5.91 Å². The van der Waals surface area contributed by atoms with E-state index in [0.717, 1.165) is 32.1 Å². The summed E-state index contributed by atoms with van der Waals surface area (Å²) in [5.41, 5.74) is 0. The summed E-state index contributed by atoms with van der Waals surface area (Å²) in [5.74, 6) is -1.81. The van der Waals surface area contributed by atoms with Crippen LogP contribution in [0.15, 0.2) is 0 Å². The van der Waals surface area contributed by atoms with Gasteiger partial charge >= 0.3 is 12.0 Å². The molecule has 1 saturated heterocycles. The SMILES string of the molecule is CC(C)[C@@H](NC(=O)C1CCCN(C(=O)NC2CCCC2)C1)C(=O)O. The molecule has 136 valence electrons. The van der Waals surface area contributed by atoms with Crippen molar-refractivity contribution in [1.29, 1.82) is 0 Å². The second-order valence-corrected chi connectivity index (χ2v) is 7.28. The second kappa shape index (κ2) is 8.35. The molecule has 1 unspecified atom stereocenters. The lowest BCUT2D eigenvalue weighted by atomic mass is 9.96. The van der Waals surface area contributed by atoms with Crippen LogP contribution < -0.4 is 10.6 Å². The summed E-state index contributed by atoms with van der Waals surface area (Å²) in [5, 5.41) is 14.9. The number of aliphatic carboxylic acids is 1. The molecular formula is C17H29N3O4. The highest BCUT2D eigenvalue weighted by Crippen LogP contribution is 2.20. The number of carboxylic acids is 1. The van der Waals surface area contributed by atoms with Crippen LogP contribution >= 0.6 is 0 Å². The van der Waals surface area contributed by atoms with Crippen LogP contribution in [0.1, 0.15) is 52.4 Å². The third-order valence-corrected chi connectivity index (χ3v) is 4.99. The van der Waals surface area contributed by atoms with E-state index in [9.17, 15) is 19.5 Å². The van der Waals surface area contributed by atoms with E-state index < -0.39 is 12.0 Å². The average molecular weight is 339 g/mol. The lowest BCUT2D eigenvalue weighted by Gasteiger charge is -2.33. The molecule has 0 radical (unpaired) electrons. The Balaban J connectivity index is 1.88. The fourth-order valence-electron chi connectivity index (χ4n) is 3.50. The van der Waals surface area contributed by atoms with Crippen molar-refractivity contribution in [1.82, 2.24) is 15.5 Å². The molecule has 0 aromatic heterocycles. The number of carboxylic acid groups (broad SMARTS) is 1. The van der Waals surface area contributed by atoms with E-state index in [4.69, 9.17) is 0 Å². The number of hydrogen-bond donors (Lipinski definition) is 3. The molecule has 2 fully saturated rings. The van der Waals surface area contributed by atoms with Crippen LogP contribution in [0.3, 0.4) is 0 Å². The van der Waals surface area contributed by atoms with Crippen LogP contribution in [0.25, 0.3) is 0 Å². The number of amides is 3. The predicted molar refractivity (Wildman–Crippen MR) is 89.5 cm³/mol. The van der Waals surface area contributed by atoms with Gasteiger partial charge in [-0.3, -0.25) is 4.79 Å². The van der Waals surface area contributed by atoms with Gasteiger partial charge in [0.15, 0.2) is 0 Å². The first-order chi connectivity index (χ1) is 11.4. The molecule has 3 N–H and O–H groups in total. The van der Waals surface area contributed by atoms with Crippen molar-refractivity contribution in [2.75, 3.05) is 13.1 Å². The Labute approximate surface area is 143 Å². The number of urea groups is 1. The molecule has 3 amide bonds. The number of nitrogens with zero attached hydrogens (tertiary/aromatic N) is 1. The van der Waals surface area contributed by atoms with E-state index in [1.807, 2.05) is 0 Å². The summed E-state index contributed by atoms with van der Waals surface area (Å²) in [7, 11) is 0. The van der Waals surface area contributed by atoms with Crippen molar-refractivity contribution in [3.8, 4) is 0 Å². The van der Waals surface area contributed by atoms with Crippen molar-refractivity contribution >= 4 is 17.9 Å². The molecule has 0 aromatic rings. The molecule has 2 aliphatic rings. The smallest absolute Gasteiger partial charge is 0.326 e. The highest BCUT2D eigenvalue weighted by atomic mass is 16.4. The highest BCUT2D eigenvalue weighted by Gasteiger charge is 2.32. The van der Waals surface area contributed by atoms with Crippen LogP contribution in [0, 0.1) is 11.8 Å². The Morgan fingerprint density at radius 3 is 2.33 bits per heavy atom. The third-order valence-electron chi connectivity index (χ3n) is 4.99. The molecular weight excluding hydrogens is 310 g/mol. The second-order valence-electron chi connectivity index (χ2n) is 7.28. The Hall–Kier alpha value is -1.79. The molecule has 1 aliphatic carbocycles. The van der Waals surface area contributed by atoms with Crippen molar-refractivity contribution in [3.05, 3.63) is 0 Å². The lowest BCUT2D eigenvalue weighted by molar-refractivity contribution is -0.144. The van der Waals surface area contributed by atoms with Crippen LogP contribution in [-0.2, 0) is 9.59 Å². The van der Waals surface area contributed by atoms with E-state index in [1.54, 1.807) is 18.7 Å². The molecule has 1 aliphatic heterocycles. The number of hydrogen-bond acceptors (Lipinski definition) is 3. The van der Waals surface area contributed by atoms with E-state index in [-0.39, 0.29) is 29.8 Å². The molecule has 2 atom stereocenters. The maximum Gasteiger partial charge on any atom is 0.326 e.